The largest absolute Gasteiger partial charge is 0.394 e. The van der Waals surface area contributed by atoms with Crippen LogP contribution in [0, 0.1) is 13.8 Å². The molecule has 0 fully saturated rings. The highest BCUT2D eigenvalue weighted by Gasteiger charge is 2.13. The first kappa shape index (κ1) is 14.8. The van der Waals surface area contributed by atoms with Crippen molar-refractivity contribution in [2.75, 3.05) is 26.4 Å². The number of hydrogen-bond donors (Lipinski definition) is 3. The number of aliphatic hydroxyl groups excluding tert-OH is 1. The van der Waals surface area contributed by atoms with Crippen LogP contribution in [0.2, 0.25) is 0 Å². The molecule has 1 aromatic rings. The lowest BCUT2D eigenvalue weighted by Crippen LogP contribution is -2.30. The third kappa shape index (κ3) is 4.21. The molecule has 0 amide bonds. The molecule has 1 rings (SSSR count). The average molecular weight is 255 g/mol. The van der Waals surface area contributed by atoms with Crippen LogP contribution < -0.4 is 10.9 Å². The Labute approximate surface area is 106 Å². The van der Waals surface area contributed by atoms with Crippen LogP contribution in [0.3, 0.4) is 0 Å². The number of nitrogens with one attached hydrogen (secondary N) is 2. The van der Waals surface area contributed by atoms with Crippen LogP contribution in [-0.2, 0) is 4.74 Å². The molecule has 0 aliphatic carbocycles. The maximum absolute atomic E-state index is 11.8. The van der Waals surface area contributed by atoms with Crippen molar-refractivity contribution in [3.05, 3.63) is 27.4 Å². The fourth-order valence-electron chi connectivity index (χ4n) is 1.86. The van der Waals surface area contributed by atoms with Gasteiger partial charge in [-0.05, 0) is 20.8 Å². The third-order valence-electron chi connectivity index (χ3n) is 2.63. The number of hydrogen-bond acceptors (Lipinski definition) is 5. The zero-order chi connectivity index (χ0) is 13.5. The normalized spacial score (nSPS) is 12.7. The number of ether oxygens (including phenoxy) is 1. The molecule has 1 aromatic heterocycles. The van der Waals surface area contributed by atoms with Crippen LogP contribution in [-0.4, -0.2) is 41.4 Å². The number of aryl methyl sites for hydroxylation is 2. The standard InChI is InChI=1S/C12H21N3O3/c1-8(13-4-6-18-7-5-16)11-9(2)14-10(3)15-12(11)17/h8,13,16H,4-7H2,1-3H3,(H,14,15,17). The molecular weight excluding hydrogens is 234 g/mol. The van der Waals surface area contributed by atoms with Crippen molar-refractivity contribution in [2.24, 2.45) is 0 Å². The average Bonchev–Trinajstić information content (AvgIpc) is 2.27. The fourth-order valence-corrected chi connectivity index (χ4v) is 1.86. The van der Waals surface area contributed by atoms with Crippen molar-refractivity contribution in [3.8, 4) is 0 Å². The highest BCUT2D eigenvalue weighted by atomic mass is 16.5. The van der Waals surface area contributed by atoms with E-state index in [9.17, 15) is 4.79 Å². The zero-order valence-electron chi connectivity index (χ0n) is 11.1. The van der Waals surface area contributed by atoms with Gasteiger partial charge in [0.05, 0.1) is 25.4 Å². The van der Waals surface area contributed by atoms with Crippen LogP contribution >= 0.6 is 0 Å². The summed E-state index contributed by atoms with van der Waals surface area (Å²) in [6.45, 7) is 6.99. The minimum absolute atomic E-state index is 0.0240. The molecule has 0 saturated heterocycles. The van der Waals surface area contributed by atoms with Gasteiger partial charge in [0.1, 0.15) is 5.82 Å². The number of H-pyrrole nitrogens is 1. The highest BCUT2D eigenvalue weighted by molar-refractivity contribution is 5.19. The second-order valence-corrected chi connectivity index (χ2v) is 4.16. The summed E-state index contributed by atoms with van der Waals surface area (Å²) in [6, 6.07) is -0.0837. The summed E-state index contributed by atoms with van der Waals surface area (Å²) in [4.78, 5) is 18.8. The SMILES string of the molecule is Cc1nc(C)c(C(C)NCCOCCO)c(=O)[nH]1. The molecular formula is C12H21N3O3. The molecule has 6 heteroatoms. The second kappa shape index (κ2) is 7.25. The molecule has 0 radical (unpaired) electrons. The van der Waals surface area contributed by atoms with Crippen molar-refractivity contribution in [1.82, 2.24) is 15.3 Å². The molecule has 0 aromatic carbocycles. The molecule has 18 heavy (non-hydrogen) atoms. The van der Waals surface area contributed by atoms with Crippen molar-refractivity contribution >= 4 is 0 Å². The first-order chi connectivity index (χ1) is 8.56. The minimum atomic E-state index is -0.101. The van der Waals surface area contributed by atoms with E-state index < -0.39 is 0 Å². The Kier molecular flexibility index (Phi) is 5.97. The summed E-state index contributed by atoms with van der Waals surface area (Å²) in [5.74, 6) is 0.625. The van der Waals surface area contributed by atoms with Gasteiger partial charge in [0.2, 0.25) is 0 Å². The van der Waals surface area contributed by atoms with Gasteiger partial charge in [-0.1, -0.05) is 0 Å². The zero-order valence-corrected chi connectivity index (χ0v) is 11.1. The van der Waals surface area contributed by atoms with Crippen molar-refractivity contribution < 1.29 is 9.84 Å². The van der Waals surface area contributed by atoms with E-state index in [-0.39, 0.29) is 18.2 Å². The molecule has 0 aliphatic rings. The van der Waals surface area contributed by atoms with Gasteiger partial charge in [-0.3, -0.25) is 4.79 Å². The van der Waals surface area contributed by atoms with E-state index in [0.29, 0.717) is 31.1 Å². The number of aromatic nitrogens is 2. The highest BCUT2D eigenvalue weighted by Crippen LogP contribution is 2.10. The quantitative estimate of drug-likeness (QED) is 0.599. The van der Waals surface area contributed by atoms with Crippen LogP contribution in [0.5, 0.6) is 0 Å². The lowest BCUT2D eigenvalue weighted by Gasteiger charge is -2.15. The van der Waals surface area contributed by atoms with Crippen LogP contribution in [0.1, 0.15) is 30.0 Å². The fraction of sp³-hybridized carbons (Fsp3) is 0.667. The van der Waals surface area contributed by atoms with E-state index in [2.05, 4.69) is 15.3 Å². The Balaban J connectivity index is 2.56. The van der Waals surface area contributed by atoms with E-state index in [4.69, 9.17) is 9.84 Å². The Morgan fingerprint density at radius 1 is 1.44 bits per heavy atom. The Morgan fingerprint density at radius 3 is 2.78 bits per heavy atom. The molecule has 3 N–H and O–H groups in total. The van der Waals surface area contributed by atoms with Crippen LogP contribution in [0.25, 0.3) is 0 Å². The first-order valence-corrected chi connectivity index (χ1v) is 6.05. The molecule has 1 heterocycles. The summed E-state index contributed by atoms with van der Waals surface area (Å²) in [7, 11) is 0. The smallest absolute Gasteiger partial charge is 0.255 e. The van der Waals surface area contributed by atoms with Crippen LogP contribution in [0.4, 0.5) is 0 Å². The lowest BCUT2D eigenvalue weighted by molar-refractivity contribution is 0.0928. The van der Waals surface area contributed by atoms with E-state index in [1.165, 1.54) is 0 Å². The first-order valence-electron chi connectivity index (χ1n) is 6.05. The van der Waals surface area contributed by atoms with Gasteiger partial charge in [-0.2, -0.15) is 0 Å². The van der Waals surface area contributed by atoms with Crippen molar-refractivity contribution in [1.29, 1.82) is 0 Å². The van der Waals surface area contributed by atoms with Gasteiger partial charge in [0.15, 0.2) is 0 Å². The lowest BCUT2D eigenvalue weighted by atomic mass is 10.1. The van der Waals surface area contributed by atoms with E-state index >= 15 is 0 Å². The summed E-state index contributed by atoms with van der Waals surface area (Å²) >= 11 is 0. The molecule has 0 saturated carbocycles. The number of aromatic amines is 1. The maximum atomic E-state index is 11.8. The topological polar surface area (TPSA) is 87.2 Å². The number of aliphatic hydroxyl groups is 1. The molecule has 0 aliphatic heterocycles. The predicted octanol–water partition coefficient (Wildman–Crippen LogP) is 0.0462. The Bertz CT molecular complexity index is 431. The summed E-state index contributed by atoms with van der Waals surface area (Å²) < 4.78 is 5.13. The van der Waals surface area contributed by atoms with E-state index in [0.717, 1.165) is 5.69 Å². The van der Waals surface area contributed by atoms with E-state index in [1.54, 1.807) is 6.92 Å². The van der Waals surface area contributed by atoms with E-state index in [1.807, 2.05) is 13.8 Å². The summed E-state index contributed by atoms with van der Waals surface area (Å²) in [5.41, 5.74) is 1.30. The Morgan fingerprint density at radius 2 is 2.17 bits per heavy atom. The minimum Gasteiger partial charge on any atom is -0.394 e. The van der Waals surface area contributed by atoms with Gasteiger partial charge in [0.25, 0.3) is 5.56 Å². The monoisotopic (exact) mass is 255 g/mol. The predicted molar refractivity (Wildman–Crippen MR) is 68.7 cm³/mol. The molecule has 0 bridgehead atoms. The molecule has 1 atom stereocenters. The van der Waals surface area contributed by atoms with Crippen LogP contribution in [0.15, 0.2) is 4.79 Å². The maximum Gasteiger partial charge on any atom is 0.255 e. The van der Waals surface area contributed by atoms with Gasteiger partial charge in [-0.15, -0.1) is 0 Å². The van der Waals surface area contributed by atoms with Crippen molar-refractivity contribution in [3.63, 3.8) is 0 Å². The van der Waals surface area contributed by atoms with Gasteiger partial charge < -0.3 is 20.1 Å². The molecule has 102 valence electrons. The Hall–Kier alpha value is -1.24. The molecule has 0 spiro atoms. The molecule has 1 unspecified atom stereocenters. The number of nitrogens with zero attached hydrogens (tertiary/aromatic N) is 1. The summed E-state index contributed by atoms with van der Waals surface area (Å²) in [6.07, 6.45) is 0. The summed E-state index contributed by atoms with van der Waals surface area (Å²) in [5, 5.41) is 11.7. The third-order valence-corrected chi connectivity index (χ3v) is 2.63. The van der Waals surface area contributed by atoms with Gasteiger partial charge in [0, 0.05) is 18.3 Å². The number of rotatable bonds is 7. The van der Waals surface area contributed by atoms with Crippen molar-refractivity contribution in [2.45, 2.75) is 26.8 Å². The molecule has 6 nitrogen and oxygen atoms in total. The second-order valence-electron chi connectivity index (χ2n) is 4.16. The van der Waals surface area contributed by atoms with Gasteiger partial charge >= 0.3 is 0 Å². The van der Waals surface area contributed by atoms with Gasteiger partial charge in [-0.25, -0.2) is 4.98 Å².